The van der Waals surface area contributed by atoms with Gasteiger partial charge < -0.3 is 19.7 Å². The Labute approximate surface area is 170 Å². The Hall–Kier alpha value is -1.95. The zero-order valence-electron chi connectivity index (χ0n) is 15.8. The lowest BCUT2D eigenvalue weighted by molar-refractivity contribution is -0.127. The van der Waals surface area contributed by atoms with Gasteiger partial charge in [-0.2, -0.15) is 0 Å². The van der Waals surface area contributed by atoms with Crippen LogP contribution in [-0.4, -0.2) is 44.7 Å². The second-order valence-corrected chi connectivity index (χ2v) is 7.18. The zero-order valence-corrected chi connectivity index (χ0v) is 17.3. The second-order valence-electron chi connectivity index (χ2n) is 6.33. The Morgan fingerprint density at radius 1 is 1.15 bits per heavy atom. The summed E-state index contributed by atoms with van der Waals surface area (Å²) < 4.78 is 10.9. The number of amides is 1. The molecule has 5 nitrogen and oxygen atoms in total. The number of halogens is 2. The normalized spacial score (nSPS) is 13.1. The van der Waals surface area contributed by atoms with Crippen LogP contribution in [0.3, 0.4) is 0 Å². The van der Waals surface area contributed by atoms with E-state index >= 15 is 0 Å². The third kappa shape index (κ3) is 6.03. The number of carbonyl (C=O) groups excluding carboxylic acids is 1. The molecule has 2 unspecified atom stereocenters. The molecule has 146 valence electrons. The molecule has 27 heavy (non-hydrogen) atoms. The van der Waals surface area contributed by atoms with Crippen molar-refractivity contribution in [2.24, 2.45) is 0 Å². The number of carbonyl (C=O) groups is 1. The van der Waals surface area contributed by atoms with Crippen molar-refractivity contribution in [1.82, 2.24) is 10.2 Å². The molecule has 0 aliphatic rings. The summed E-state index contributed by atoms with van der Waals surface area (Å²) in [5.74, 6) is 0.992. The maximum Gasteiger partial charge on any atom is 0.260 e. The number of nitrogens with zero attached hydrogens (tertiary/aromatic N) is 1. The van der Waals surface area contributed by atoms with Gasteiger partial charge in [0.15, 0.2) is 6.10 Å². The molecule has 1 amide bonds. The molecule has 0 saturated heterocycles. The summed E-state index contributed by atoms with van der Waals surface area (Å²) in [4.78, 5) is 14.5. The Morgan fingerprint density at radius 2 is 1.81 bits per heavy atom. The Morgan fingerprint density at radius 3 is 2.37 bits per heavy atom. The summed E-state index contributed by atoms with van der Waals surface area (Å²) in [5.41, 5.74) is 1.08. The molecule has 0 heterocycles. The molecule has 2 atom stereocenters. The molecule has 0 aromatic heterocycles. The largest absolute Gasteiger partial charge is 0.497 e. The Balaban J connectivity index is 1.97. The van der Waals surface area contributed by atoms with Crippen LogP contribution < -0.4 is 14.8 Å². The molecule has 0 spiro atoms. The van der Waals surface area contributed by atoms with Crippen LogP contribution in [-0.2, 0) is 4.79 Å². The highest BCUT2D eigenvalue weighted by molar-refractivity contribution is 6.35. The maximum atomic E-state index is 12.4. The van der Waals surface area contributed by atoms with Gasteiger partial charge >= 0.3 is 0 Å². The smallest absolute Gasteiger partial charge is 0.260 e. The summed E-state index contributed by atoms with van der Waals surface area (Å²) >= 11 is 12.0. The van der Waals surface area contributed by atoms with Crippen LogP contribution in [0.5, 0.6) is 11.5 Å². The van der Waals surface area contributed by atoms with Crippen molar-refractivity contribution >= 4 is 29.1 Å². The van der Waals surface area contributed by atoms with E-state index in [9.17, 15) is 4.79 Å². The minimum Gasteiger partial charge on any atom is -0.497 e. The number of nitrogens with one attached hydrogen (secondary N) is 1. The lowest BCUT2D eigenvalue weighted by atomic mass is 10.1. The van der Waals surface area contributed by atoms with Crippen LogP contribution in [0.25, 0.3) is 0 Å². The van der Waals surface area contributed by atoms with Gasteiger partial charge in [-0.15, -0.1) is 0 Å². The first-order chi connectivity index (χ1) is 12.8. The quantitative estimate of drug-likeness (QED) is 0.708. The SMILES string of the molecule is COc1ccc(C(CNC(=O)C(C)Oc2ccc(Cl)cc2Cl)N(C)C)cc1. The highest BCUT2D eigenvalue weighted by atomic mass is 35.5. The van der Waals surface area contributed by atoms with Crippen LogP contribution in [0, 0.1) is 0 Å². The number of likely N-dealkylation sites (N-methyl/N-ethyl adjacent to an activating group) is 1. The van der Waals surface area contributed by atoms with E-state index in [-0.39, 0.29) is 11.9 Å². The van der Waals surface area contributed by atoms with E-state index in [2.05, 4.69) is 5.32 Å². The van der Waals surface area contributed by atoms with Gasteiger partial charge in [-0.05, 0) is 56.9 Å². The summed E-state index contributed by atoms with van der Waals surface area (Å²) in [6.45, 7) is 2.12. The molecule has 0 bridgehead atoms. The van der Waals surface area contributed by atoms with E-state index in [0.717, 1.165) is 11.3 Å². The van der Waals surface area contributed by atoms with E-state index < -0.39 is 6.10 Å². The van der Waals surface area contributed by atoms with Crippen LogP contribution in [0.15, 0.2) is 42.5 Å². The molecule has 2 aromatic rings. The van der Waals surface area contributed by atoms with Crippen LogP contribution in [0.1, 0.15) is 18.5 Å². The zero-order chi connectivity index (χ0) is 20.0. The van der Waals surface area contributed by atoms with Crippen LogP contribution in [0.4, 0.5) is 0 Å². The molecule has 7 heteroatoms. The predicted molar refractivity (Wildman–Crippen MR) is 109 cm³/mol. The molecular weight excluding hydrogens is 387 g/mol. The van der Waals surface area contributed by atoms with Crippen molar-refractivity contribution < 1.29 is 14.3 Å². The number of hydrogen-bond donors (Lipinski definition) is 1. The third-order valence-electron chi connectivity index (χ3n) is 4.16. The fourth-order valence-corrected chi connectivity index (χ4v) is 3.03. The van der Waals surface area contributed by atoms with Gasteiger partial charge in [0.1, 0.15) is 11.5 Å². The van der Waals surface area contributed by atoms with Crippen molar-refractivity contribution in [3.8, 4) is 11.5 Å². The number of rotatable bonds is 8. The highest BCUT2D eigenvalue weighted by Gasteiger charge is 2.20. The molecule has 0 saturated carbocycles. The molecule has 0 aliphatic heterocycles. The first-order valence-corrected chi connectivity index (χ1v) is 9.27. The first kappa shape index (κ1) is 21.4. The number of benzene rings is 2. The monoisotopic (exact) mass is 410 g/mol. The summed E-state index contributed by atoms with van der Waals surface area (Å²) in [5, 5.41) is 3.82. The molecule has 1 N–H and O–H groups in total. The minimum absolute atomic E-state index is 0.0196. The number of ether oxygens (including phenoxy) is 2. The Kier molecular flexibility index (Phi) is 7.78. The van der Waals surface area contributed by atoms with Crippen molar-refractivity contribution in [1.29, 1.82) is 0 Å². The Bertz CT molecular complexity index is 766. The fraction of sp³-hybridized carbons (Fsp3) is 0.350. The number of methoxy groups -OCH3 is 1. The molecule has 0 radical (unpaired) electrons. The van der Waals surface area contributed by atoms with Crippen molar-refractivity contribution in [3.05, 3.63) is 58.1 Å². The molecule has 2 aromatic carbocycles. The van der Waals surface area contributed by atoms with E-state index in [1.54, 1.807) is 32.2 Å². The summed E-state index contributed by atoms with van der Waals surface area (Å²) in [7, 11) is 5.57. The fourth-order valence-electron chi connectivity index (χ4n) is 2.58. The standard InChI is InChI=1S/C20H24Cl2N2O3/c1-13(27-19-10-7-15(21)11-17(19)22)20(25)23-12-18(24(2)3)14-5-8-16(26-4)9-6-14/h5-11,13,18H,12H2,1-4H3,(H,23,25). The van der Waals surface area contributed by atoms with Crippen molar-refractivity contribution in [3.63, 3.8) is 0 Å². The minimum atomic E-state index is -0.692. The van der Waals surface area contributed by atoms with Crippen LogP contribution >= 0.6 is 23.2 Å². The average Bonchev–Trinajstić information content (AvgIpc) is 2.64. The van der Waals surface area contributed by atoms with Gasteiger partial charge in [0.25, 0.3) is 5.91 Å². The maximum absolute atomic E-state index is 12.4. The van der Waals surface area contributed by atoms with Crippen molar-refractivity contribution in [2.45, 2.75) is 19.1 Å². The van der Waals surface area contributed by atoms with Gasteiger partial charge in [-0.25, -0.2) is 0 Å². The third-order valence-corrected chi connectivity index (χ3v) is 4.69. The lowest BCUT2D eigenvalue weighted by Crippen LogP contribution is -2.41. The topological polar surface area (TPSA) is 50.8 Å². The van der Waals surface area contributed by atoms with Gasteiger partial charge in [-0.1, -0.05) is 35.3 Å². The molecule has 0 fully saturated rings. The number of hydrogen-bond acceptors (Lipinski definition) is 4. The first-order valence-electron chi connectivity index (χ1n) is 8.51. The van der Waals surface area contributed by atoms with E-state index in [0.29, 0.717) is 22.3 Å². The second kappa shape index (κ2) is 9.83. The molecule has 2 rings (SSSR count). The van der Waals surface area contributed by atoms with Gasteiger partial charge in [0.05, 0.1) is 18.2 Å². The van der Waals surface area contributed by atoms with Crippen LogP contribution in [0.2, 0.25) is 10.0 Å². The van der Waals surface area contributed by atoms with Crippen molar-refractivity contribution in [2.75, 3.05) is 27.7 Å². The van der Waals surface area contributed by atoms with E-state index in [1.165, 1.54) is 0 Å². The van der Waals surface area contributed by atoms with Gasteiger partial charge in [0.2, 0.25) is 0 Å². The lowest BCUT2D eigenvalue weighted by Gasteiger charge is -2.26. The average molecular weight is 411 g/mol. The predicted octanol–water partition coefficient (Wildman–Crippen LogP) is 4.19. The van der Waals surface area contributed by atoms with E-state index in [4.69, 9.17) is 32.7 Å². The highest BCUT2D eigenvalue weighted by Crippen LogP contribution is 2.28. The van der Waals surface area contributed by atoms with Gasteiger partial charge in [0, 0.05) is 11.6 Å². The van der Waals surface area contributed by atoms with Gasteiger partial charge in [-0.3, -0.25) is 4.79 Å². The summed E-state index contributed by atoms with van der Waals surface area (Å²) in [6.07, 6.45) is -0.692. The molecule has 0 aliphatic carbocycles. The molecular formula is C20H24Cl2N2O3. The van der Waals surface area contributed by atoms with E-state index in [1.807, 2.05) is 43.3 Å². The summed E-state index contributed by atoms with van der Waals surface area (Å²) in [6, 6.07) is 12.7.